The van der Waals surface area contributed by atoms with Crippen molar-refractivity contribution in [2.24, 2.45) is 11.3 Å². The maximum Gasteiger partial charge on any atom is 0.330 e. The molecular formula is C16H26O2. The van der Waals surface area contributed by atoms with E-state index in [4.69, 9.17) is 4.74 Å². The van der Waals surface area contributed by atoms with Crippen molar-refractivity contribution in [1.82, 2.24) is 0 Å². The molecule has 1 aliphatic carbocycles. The zero-order valence-electron chi connectivity index (χ0n) is 12.2. The van der Waals surface area contributed by atoms with Crippen molar-refractivity contribution < 1.29 is 9.53 Å². The molecule has 0 spiro atoms. The van der Waals surface area contributed by atoms with E-state index in [0.29, 0.717) is 17.9 Å². The van der Waals surface area contributed by atoms with E-state index in [0.717, 1.165) is 12.8 Å². The molecule has 0 amide bonds. The molecule has 1 rings (SSSR count). The molecule has 0 aromatic carbocycles. The first kappa shape index (κ1) is 15.0. The van der Waals surface area contributed by atoms with Gasteiger partial charge in [-0.3, -0.25) is 0 Å². The molecular weight excluding hydrogens is 224 g/mol. The van der Waals surface area contributed by atoms with Gasteiger partial charge in [-0.05, 0) is 50.9 Å². The number of esters is 1. The fourth-order valence-electron chi connectivity index (χ4n) is 2.86. The summed E-state index contributed by atoms with van der Waals surface area (Å²) in [5.41, 5.74) is 1.90. The third-order valence-electron chi connectivity index (χ3n) is 3.91. The third-order valence-corrected chi connectivity index (χ3v) is 3.91. The lowest BCUT2D eigenvalue weighted by Gasteiger charge is -2.38. The summed E-state index contributed by atoms with van der Waals surface area (Å²) >= 11 is 0. The highest BCUT2D eigenvalue weighted by atomic mass is 16.5. The number of carbonyl (C=O) groups is 1. The van der Waals surface area contributed by atoms with Crippen molar-refractivity contribution in [1.29, 1.82) is 0 Å². The van der Waals surface area contributed by atoms with E-state index in [9.17, 15) is 4.79 Å². The molecule has 0 aliphatic heterocycles. The highest BCUT2D eigenvalue weighted by molar-refractivity contribution is 5.81. The molecule has 0 fully saturated rings. The predicted octanol–water partition coefficient (Wildman–Crippen LogP) is 4.27. The Balaban J connectivity index is 2.45. The Morgan fingerprint density at radius 1 is 1.56 bits per heavy atom. The number of hydrogen-bond donors (Lipinski definition) is 0. The highest BCUT2D eigenvalue weighted by Gasteiger charge is 2.31. The minimum Gasteiger partial charge on any atom is -0.463 e. The van der Waals surface area contributed by atoms with Gasteiger partial charge in [-0.2, -0.15) is 0 Å². The Morgan fingerprint density at radius 2 is 2.28 bits per heavy atom. The monoisotopic (exact) mass is 250 g/mol. The molecule has 2 nitrogen and oxygen atoms in total. The van der Waals surface area contributed by atoms with Gasteiger partial charge in [0.05, 0.1) is 6.61 Å². The molecule has 102 valence electrons. The average molecular weight is 250 g/mol. The minimum atomic E-state index is -0.229. The molecule has 0 aromatic rings. The van der Waals surface area contributed by atoms with Crippen LogP contribution in [0.15, 0.2) is 23.8 Å². The molecule has 0 aromatic heterocycles. The zero-order valence-corrected chi connectivity index (χ0v) is 12.2. The quantitative estimate of drug-likeness (QED) is 0.414. The van der Waals surface area contributed by atoms with Crippen molar-refractivity contribution in [2.75, 3.05) is 6.61 Å². The van der Waals surface area contributed by atoms with Crippen LogP contribution in [0.25, 0.3) is 0 Å². The van der Waals surface area contributed by atoms with E-state index < -0.39 is 0 Å². The fraction of sp³-hybridized carbons (Fsp3) is 0.688. The highest BCUT2D eigenvalue weighted by Crippen LogP contribution is 2.43. The number of allylic oxidation sites excluding steroid dienone is 3. The van der Waals surface area contributed by atoms with E-state index in [1.54, 1.807) is 6.08 Å². The topological polar surface area (TPSA) is 26.3 Å². The van der Waals surface area contributed by atoms with Crippen LogP contribution in [0, 0.1) is 11.3 Å². The van der Waals surface area contributed by atoms with E-state index in [-0.39, 0.29) is 5.97 Å². The lowest BCUT2D eigenvalue weighted by atomic mass is 9.67. The number of carbonyl (C=O) groups excluding carboxylic acids is 1. The van der Waals surface area contributed by atoms with Gasteiger partial charge in [0.2, 0.25) is 0 Å². The summed E-state index contributed by atoms with van der Waals surface area (Å²) in [6.07, 6.45) is 10.4. The second kappa shape index (κ2) is 6.77. The minimum absolute atomic E-state index is 0.229. The van der Waals surface area contributed by atoms with Crippen molar-refractivity contribution in [3.63, 3.8) is 0 Å². The summed E-state index contributed by atoms with van der Waals surface area (Å²) < 4.78 is 4.86. The molecule has 2 heteroatoms. The summed E-state index contributed by atoms with van der Waals surface area (Å²) in [4.78, 5) is 11.2. The largest absolute Gasteiger partial charge is 0.463 e. The van der Waals surface area contributed by atoms with E-state index >= 15 is 0 Å². The van der Waals surface area contributed by atoms with Crippen LogP contribution in [0.4, 0.5) is 0 Å². The summed E-state index contributed by atoms with van der Waals surface area (Å²) in [5, 5.41) is 0. The second-order valence-corrected chi connectivity index (χ2v) is 5.76. The van der Waals surface area contributed by atoms with Crippen LogP contribution < -0.4 is 0 Å². The van der Waals surface area contributed by atoms with Gasteiger partial charge in [0, 0.05) is 6.08 Å². The van der Waals surface area contributed by atoms with E-state index in [2.05, 4.69) is 26.8 Å². The molecule has 0 bridgehead atoms. The second-order valence-electron chi connectivity index (χ2n) is 5.76. The summed E-state index contributed by atoms with van der Waals surface area (Å²) in [6, 6.07) is 0. The number of ether oxygens (including phenoxy) is 1. The summed E-state index contributed by atoms with van der Waals surface area (Å²) in [6.45, 7) is 9.21. The standard InChI is InChI=1S/C16H26O2/c1-5-18-15(17)11-7-6-10-14-13(2)9-8-12-16(14,3)4/h7,9,11,14H,5-6,8,10,12H2,1-4H3/b11-7+. The molecule has 1 aliphatic rings. The van der Waals surface area contributed by atoms with E-state index in [1.165, 1.54) is 18.4 Å². The van der Waals surface area contributed by atoms with Crippen LogP contribution in [0.1, 0.15) is 53.4 Å². The molecule has 1 atom stereocenters. The van der Waals surface area contributed by atoms with Crippen molar-refractivity contribution in [3.8, 4) is 0 Å². The van der Waals surface area contributed by atoms with Crippen molar-refractivity contribution in [2.45, 2.75) is 53.4 Å². The van der Waals surface area contributed by atoms with E-state index in [1.807, 2.05) is 13.0 Å². The first-order valence-corrected chi connectivity index (χ1v) is 6.97. The van der Waals surface area contributed by atoms with Gasteiger partial charge in [-0.1, -0.05) is 31.6 Å². The number of rotatable bonds is 5. The maximum atomic E-state index is 11.2. The lowest BCUT2D eigenvalue weighted by molar-refractivity contribution is -0.137. The Kier molecular flexibility index (Phi) is 5.64. The fourth-order valence-corrected chi connectivity index (χ4v) is 2.86. The van der Waals surface area contributed by atoms with Crippen LogP contribution in [-0.2, 0) is 9.53 Å². The Hall–Kier alpha value is -1.05. The van der Waals surface area contributed by atoms with Crippen molar-refractivity contribution >= 4 is 5.97 Å². The molecule has 0 saturated heterocycles. The summed E-state index contributed by atoms with van der Waals surface area (Å²) in [7, 11) is 0. The van der Waals surface area contributed by atoms with Gasteiger partial charge < -0.3 is 4.74 Å². The summed E-state index contributed by atoms with van der Waals surface area (Å²) in [5.74, 6) is 0.408. The van der Waals surface area contributed by atoms with Gasteiger partial charge >= 0.3 is 5.97 Å². The molecule has 0 saturated carbocycles. The normalized spacial score (nSPS) is 22.9. The first-order chi connectivity index (χ1) is 8.47. The third kappa shape index (κ3) is 4.32. The van der Waals surface area contributed by atoms with Gasteiger partial charge in [-0.15, -0.1) is 0 Å². The Morgan fingerprint density at radius 3 is 2.89 bits per heavy atom. The number of hydrogen-bond acceptors (Lipinski definition) is 2. The smallest absolute Gasteiger partial charge is 0.330 e. The zero-order chi connectivity index (χ0) is 13.6. The van der Waals surface area contributed by atoms with Gasteiger partial charge in [0.15, 0.2) is 0 Å². The van der Waals surface area contributed by atoms with Crippen LogP contribution >= 0.6 is 0 Å². The van der Waals surface area contributed by atoms with Crippen LogP contribution in [0.2, 0.25) is 0 Å². The van der Waals surface area contributed by atoms with Gasteiger partial charge in [0.25, 0.3) is 0 Å². The lowest BCUT2D eigenvalue weighted by Crippen LogP contribution is -2.27. The molecule has 0 heterocycles. The molecule has 0 N–H and O–H groups in total. The molecule has 0 radical (unpaired) electrons. The SMILES string of the molecule is CCOC(=O)/C=C/CCC1C(C)=CCCC1(C)C. The Bertz CT molecular complexity index is 337. The van der Waals surface area contributed by atoms with Gasteiger partial charge in [-0.25, -0.2) is 4.79 Å². The molecule has 1 unspecified atom stereocenters. The van der Waals surface area contributed by atoms with Gasteiger partial charge in [0.1, 0.15) is 0 Å². The van der Waals surface area contributed by atoms with Crippen LogP contribution in [0.5, 0.6) is 0 Å². The van der Waals surface area contributed by atoms with Crippen LogP contribution in [0.3, 0.4) is 0 Å². The average Bonchev–Trinajstić information content (AvgIpc) is 2.27. The maximum absolute atomic E-state index is 11.2. The van der Waals surface area contributed by atoms with Crippen molar-refractivity contribution in [3.05, 3.63) is 23.8 Å². The first-order valence-electron chi connectivity index (χ1n) is 6.97. The predicted molar refractivity (Wildman–Crippen MR) is 75.3 cm³/mol. The van der Waals surface area contributed by atoms with Crippen LogP contribution in [-0.4, -0.2) is 12.6 Å². The Labute approximate surface area is 111 Å². The molecule has 18 heavy (non-hydrogen) atoms.